The normalized spacial score (nSPS) is 12.4. The number of hydrogen-bond donors (Lipinski definition) is 2. The Morgan fingerprint density at radius 3 is 2.62 bits per heavy atom. The summed E-state index contributed by atoms with van der Waals surface area (Å²) in [6.07, 6.45) is -0.576. The van der Waals surface area contributed by atoms with Crippen LogP contribution >= 0.6 is 0 Å². The van der Waals surface area contributed by atoms with Crippen LogP contribution in [0, 0.1) is 6.92 Å². The number of nitrogens with one attached hydrogen (secondary N) is 1. The summed E-state index contributed by atoms with van der Waals surface area (Å²) >= 11 is 0. The second-order valence-corrected chi connectivity index (χ2v) is 3.56. The summed E-state index contributed by atoms with van der Waals surface area (Å²) in [7, 11) is 0. The monoisotopic (exact) mass is 225 g/mol. The number of aliphatic hydroxyl groups is 1. The smallest absolute Gasteiger partial charge is 0.119 e. The summed E-state index contributed by atoms with van der Waals surface area (Å²) in [6.45, 7) is 5.08. The molecule has 0 aliphatic heterocycles. The van der Waals surface area contributed by atoms with Crippen molar-refractivity contribution in [3.8, 4) is 5.75 Å². The van der Waals surface area contributed by atoms with Crippen molar-refractivity contribution < 1.29 is 14.7 Å². The van der Waals surface area contributed by atoms with E-state index >= 15 is 0 Å². The summed E-state index contributed by atoms with van der Waals surface area (Å²) in [6, 6.07) is 7.72. The van der Waals surface area contributed by atoms with E-state index in [2.05, 4.69) is 5.48 Å². The molecule has 0 aromatic heterocycles. The molecule has 0 saturated carbocycles. The predicted molar refractivity (Wildman–Crippen MR) is 62.3 cm³/mol. The van der Waals surface area contributed by atoms with Gasteiger partial charge in [0.05, 0.1) is 13.2 Å². The molecule has 0 bridgehead atoms. The molecule has 0 fully saturated rings. The van der Waals surface area contributed by atoms with E-state index in [1.807, 2.05) is 38.1 Å². The second kappa shape index (κ2) is 7.22. The van der Waals surface area contributed by atoms with Gasteiger partial charge in [-0.25, -0.2) is 0 Å². The van der Waals surface area contributed by atoms with Gasteiger partial charge in [-0.3, -0.25) is 0 Å². The molecule has 1 aromatic carbocycles. The summed E-state index contributed by atoms with van der Waals surface area (Å²) in [5, 5.41) is 9.52. The van der Waals surface area contributed by atoms with Crippen LogP contribution in [0.25, 0.3) is 0 Å². The Balaban J connectivity index is 2.20. The molecule has 0 aliphatic carbocycles. The first-order valence-electron chi connectivity index (χ1n) is 5.44. The van der Waals surface area contributed by atoms with Crippen molar-refractivity contribution in [3.05, 3.63) is 29.8 Å². The minimum Gasteiger partial charge on any atom is -0.491 e. The Kier molecular flexibility index (Phi) is 5.85. The van der Waals surface area contributed by atoms with Crippen LogP contribution in [0.3, 0.4) is 0 Å². The number of aryl methyl sites for hydroxylation is 1. The fraction of sp³-hybridized carbons (Fsp3) is 0.500. The predicted octanol–water partition coefficient (Wildman–Crippen LogP) is 1.28. The first-order chi connectivity index (χ1) is 7.72. The van der Waals surface area contributed by atoms with Crippen molar-refractivity contribution in [2.75, 3.05) is 19.8 Å². The highest BCUT2D eigenvalue weighted by Gasteiger charge is 2.04. The molecule has 1 aromatic rings. The molecule has 0 amide bonds. The average Bonchev–Trinajstić information content (AvgIpc) is 2.29. The van der Waals surface area contributed by atoms with Gasteiger partial charge in [0.2, 0.25) is 0 Å². The molecule has 16 heavy (non-hydrogen) atoms. The first-order valence-corrected chi connectivity index (χ1v) is 5.44. The number of ether oxygens (including phenoxy) is 1. The fourth-order valence-electron chi connectivity index (χ4n) is 1.14. The molecule has 4 nitrogen and oxygen atoms in total. The third-order valence-electron chi connectivity index (χ3n) is 2.03. The Labute approximate surface area is 96.1 Å². The van der Waals surface area contributed by atoms with Crippen molar-refractivity contribution in [1.82, 2.24) is 5.48 Å². The van der Waals surface area contributed by atoms with E-state index in [0.717, 1.165) is 5.75 Å². The van der Waals surface area contributed by atoms with E-state index in [1.165, 1.54) is 5.56 Å². The zero-order valence-electron chi connectivity index (χ0n) is 9.77. The molecular formula is C12H19NO3. The minimum absolute atomic E-state index is 0.253. The van der Waals surface area contributed by atoms with Crippen LogP contribution in [0.5, 0.6) is 5.75 Å². The number of benzene rings is 1. The van der Waals surface area contributed by atoms with Crippen LogP contribution in [0.4, 0.5) is 0 Å². The van der Waals surface area contributed by atoms with Crippen LogP contribution < -0.4 is 10.2 Å². The van der Waals surface area contributed by atoms with Gasteiger partial charge in [-0.1, -0.05) is 17.7 Å². The zero-order chi connectivity index (χ0) is 11.8. The quantitative estimate of drug-likeness (QED) is 0.542. The highest BCUT2D eigenvalue weighted by Crippen LogP contribution is 2.11. The van der Waals surface area contributed by atoms with Crippen molar-refractivity contribution in [3.63, 3.8) is 0 Å². The highest BCUT2D eigenvalue weighted by molar-refractivity contribution is 5.26. The first kappa shape index (κ1) is 13.0. The summed E-state index contributed by atoms with van der Waals surface area (Å²) in [5.74, 6) is 0.765. The van der Waals surface area contributed by atoms with Crippen molar-refractivity contribution >= 4 is 0 Å². The van der Waals surface area contributed by atoms with E-state index in [0.29, 0.717) is 13.2 Å². The van der Waals surface area contributed by atoms with Gasteiger partial charge in [-0.05, 0) is 26.0 Å². The molecule has 1 rings (SSSR count). The number of aliphatic hydroxyl groups excluding tert-OH is 1. The second-order valence-electron chi connectivity index (χ2n) is 3.56. The third kappa shape index (κ3) is 5.11. The van der Waals surface area contributed by atoms with Crippen LogP contribution in [0.2, 0.25) is 0 Å². The van der Waals surface area contributed by atoms with Gasteiger partial charge in [0, 0.05) is 0 Å². The Morgan fingerprint density at radius 2 is 2.00 bits per heavy atom. The molecule has 2 N–H and O–H groups in total. The highest BCUT2D eigenvalue weighted by atomic mass is 16.6. The maximum atomic E-state index is 9.52. The fourth-order valence-corrected chi connectivity index (χ4v) is 1.14. The van der Waals surface area contributed by atoms with Gasteiger partial charge < -0.3 is 14.7 Å². The van der Waals surface area contributed by atoms with E-state index in [4.69, 9.17) is 9.57 Å². The van der Waals surface area contributed by atoms with E-state index in [9.17, 15) is 5.11 Å². The van der Waals surface area contributed by atoms with E-state index in [-0.39, 0.29) is 6.61 Å². The van der Waals surface area contributed by atoms with E-state index in [1.54, 1.807) is 0 Å². The van der Waals surface area contributed by atoms with Gasteiger partial charge in [-0.15, -0.1) is 0 Å². The Hall–Kier alpha value is -1.10. The van der Waals surface area contributed by atoms with Crippen LogP contribution in [-0.2, 0) is 4.84 Å². The molecule has 0 heterocycles. The largest absolute Gasteiger partial charge is 0.491 e. The molecule has 1 atom stereocenters. The van der Waals surface area contributed by atoms with Gasteiger partial charge in [-0.2, -0.15) is 5.48 Å². The van der Waals surface area contributed by atoms with Gasteiger partial charge in [0.15, 0.2) is 0 Å². The number of hydroxylamine groups is 1. The van der Waals surface area contributed by atoms with Gasteiger partial charge in [0.1, 0.15) is 18.5 Å². The zero-order valence-corrected chi connectivity index (χ0v) is 9.77. The number of hydrogen-bond acceptors (Lipinski definition) is 4. The molecule has 0 spiro atoms. The molecule has 0 radical (unpaired) electrons. The van der Waals surface area contributed by atoms with Gasteiger partial charge >= 0.3 is 0 Å². The van der Waals surface area contributed by atoms with E-state index < -0.39 is 6.10 Å². The number of rotatable bonds is 7. The molecule has 4 heteroatoms. The summed E-state index contributed by atoms with van der Waals surface area (Å²) < 4.78 is 5.41. The lowest BCUT2D eigenvalue weighted by Crippen LogP contribution is -2.31. The Bertz CT molecular complexity index is 287. The standard InChI is InChI=1S/C12H19NO3/c1-3-16-13-8-11(14)9-15-12-6-4-10(2)5-7-12/h4-7,11,13-14H,3,8-9H2,1-2H3. The summed E-state index contributed by atoms with van der Waals surface area (Å²) in [4.78, 5) is 4.91. The topological polar surface area (TPSA) is 50.7 Å². The third-order valence-corrected chi connectivity index (χ3v) is 2.03. The lowest BCUT2D eigenvalue weighted by Gasteiger charge is -2.12. The van der Waals surface area contributed by atoms with Crippen LogP contribution in [0.1, 0.15) is 12.5 Å². The Morgan fingerprint density at radius 1 is 1.31 bits per heavy atom. The maximum Gasteiger partial charge on any atom is 0.119 e. The minimum atomic E-state index is -0.576. The van der Waals surface area contributed by atoms with Crippen molar-refractivity contribution in [2.45, 2.75) is 20.0 Å². The maximum absolute atomic E-state index is 9.52. The van der Waals surface area contributed by atoms with Gasteiger partial charge in [0.25, 0.3) is 0 Å². The molecule has 0 saturated heterocycles. The van der Waals surface area contributed by atoms with Crippen LogP contribution in [0.15, 0.2) is 24.3 Å². The van der Waals surface area contributed by atoms with Crippen LogP contribution in [-0.4, -0.2) is 31.0 Å². The van der Waals surface area contributed by atoms with Crippen molar-refractivity contribution in [2.24, 2.45) is 0 Å². The lowest BCUT2D eigenvalue weighted by atomic mass is 10.2. The molecule has 0 aliphatic rings. The average molecular weight is 225 g/mol. The summed E-state index contributed by atoms with van der Waals surface area (Å²) in [5.41, 5.74) is 3.84. The SMILES string of the molecule is CCONCC(O)COc1ccc(C)cc1. The van der Waals surface area contributed by atoms with Crippen molar-refractivity contribution in [1.29, 1.82) is 0 Å². The molecular weight excluding hydrogens is 206 g/mol. The molecule has 1 unspecified atom stereocenters. The lowest BCUT2D eigenvalue weighted by molar-refractivity contribution is 0.00949. The molecule has 90 valence electrons.